The molecule has 2 fully saturated rings. The molecule has 39 heavy (non-hydrogen) atoms. The van der Waals surface area contributed by atoms with Crippen LogP contribution in [0.5, 0.6) is 11.5 Å². The number of nitrogens with zero attached hydrogens (tertiary/aromatic N) is 3. The average Bonchev–Trinajstić information content (AvgIpc) is 3.64. The van der Waals surface area contributed by atoms with Crippen LogP contribution in [0.2, 0.25) is 0 Å². The summed E-state index contributed by atoms with van der Waals surface area (Å²) in [6, 6.07) is 18.1. The Morgan fingerprint density at radius 3 is 2.44 bits per heavy atom. The smallest absolute Gasteiger partial charge is 0.243 e. The van der Waals surface area contributed by atoms with Gasteiger partial charge in [0.15, 0.2) is 11.5 Å². The van der Waals surface area contributed by atoms with Crippen molar-refractivity contribution in [1.82, 2.24) is 14.2 Å². The van der Waals surface area contributed by atoms with Crippen LogP contribution in [0.15, 0.2) is 65.6 Å². The average molecular weight is 552 g/mol. The van der Waals surface area contributed by atoms with Gasteiger partial charge in [0.2, 0.25) is 16.8 Å². The first kappa shape index (κ1) is 25.9. The molecule has 3 heterocycles. The summed E-state index contributed by atoms with van der Waals surface area (Å²) in [7, 11) is -3.60. The van der Waals surface area contributed by atoms with Crippen LogP contribution in [0.1, 0.15) is 25.5 Å². The highest BCUT2D eigenvalue weighted by Gasteiger charge is 2.51. The van der Waals surface area contributed by atoms with E-state index in [9.17, 15) is 13.2 Å². The van der Waals surface area contributed by atoms with E-state index in [1.807, 2.05) is 36.4 Å². The molecule has 6 rings (SSSR count). The first-order valence-electron chi connectivity index (χ1n) is 13.2. The molecule has 0 bridgehead atoms. The van der Waals surface area contributed by atoms with Crippen LogP contribution in [-0.4, -0.2) is 79.6 Å². The largest absolute Gasteiger partial charge is 0.454 e. The molecular formula is C29H33N3O6S. The molecule has 1 aliphatic carbocycles. The fraction of sp³-hybridized carbons (Fsp3) is 0.379. The number of benzene rings is 2. The van der Waals surface area contributed by atoms with Gasteiger partial charge in [0, 0.05) is 51.8 Å². The number of sulfonamides is 1. The fourth-order valence-corrected chi connectivity index (χ4v) is 6.82. The van der Waals surface area contributed by atoms with E-state index in [1.54, 1.807) is 24.3 Å². The predicted octanol–water partition coefficient (Wildman–Crippen LogP) is 2.87. The fourth-order valence-electron chi connectivity index (χ4n) is 5.40. The Labute approximate surface area is 229 Å². The zero-order chi connectivity index (χ0) is 27.0. The highest BCUT2D eigenvalue weighted by atomic mass is 32.2. The summed E-state index contributed by atoms with van der Waals surface area (Å²) in [4.78, 5) is 20.4. The lowest BCUT2D eigenvalue weighted by Crippen LogP contribution is -2.49. The lowest BCUT2D eigenvalue weighted by atomic mass is 9.88. The van der Waals surface area contributed by atoms with Gasteiger partial charge in [0.05, 0.1) is 22.6 Å². The van der Waals surface area contributed by atoms with E-state index in [0.717, 1.165) is 24.0 Å². The van der Waals surface area contributed by atoms with Gasteiger partial charge in [-0.3, -0.25) is 14.7 Å². The first-order valence-corrected chi connectivity index (χ1v) is 14.7. The maximum Gasteiger partial charge on any atom is 0.243 e. The number of fused-ring (bicyclic) bond motifs is 1. The quantitative estimate of drug-likeness (QED) is 0.433. The minimum atomic E-state index is -3.60. The number of Topliss-reactive ketones (excluding diaryl/α,β-unsaturated/α-hetero) is 1. The molecule has 0 radical (unpaired) electrons. The summed E-state index contributed by atoms with van der Waals surface area (Å²) in [5.41, 5.74) is 2.61. The van der Waals surface area contributed by atoms with E-state index < -0.39 is 15.4 Å². The van der Waals surface area contributed by atoms with Crippen molar-refractivity contribution < 1.29 is 29.2 Å². The van der Waals surface area contributed by atoms with Gasteiger partial charge in [-0.2, -0.15) is 4.31 Å². The van der Waals surface area contributed by atoms with E-state index in [4.69, 9.17) is 19.6 Å². The summed E-state index contributed by atoms with van der Waals surface area (Å²) in [6.07, 6.45) is 1.83. The molecule has 206 valence electrons. The van der Waals surface area contributed by atoms with E-state index in [1.165, 1.54) is 4.31 Å². The normalized spacial score (nSPS) is 18.7. The third-order valence-corrected chi connectivity index (χ3v) is 9.81. The molecule has 1 saturated heterocycles. The van der Waals surface area contributed by atoms with Crippen LogP contribution in [0.25, 0.3) is 11.3 Å². The number of carbonyl (C=O) groups is 1. The second-order valence-corrected chi connectivity index (χ2v) is 12.2. The molecule has 9 nitrogen and oxygen atoms in total. The Bertz CT molecular complexity index is 1490. The summed E-state index contributed by atoms with van der Waals surface area (Å²) in [6.45, 7) is 2.82. The molecule has 2 aromatic carbocycles. The van der Waals surface area contributed by atoms with Crippen molar-refractivity contribution >= 4 is 15.8 Å². The van der Waals surface area contributed by atoms with Crippen molar-refractivity contribution in [1.29, 1.82) is 0 Å². The Kier molecular flexibility index (Phi) is 6.88. The Hall–Kier alpha value is -3.31. The maximum absolute atomic E-state index is 13.4. The molecule has 1 N–H and O–H groups in total. The van der Waals surface area contributed by atoms with Crippen LogP contribution < -0.4 is 9.47 Å². The van der Waals surface area contributed by atoms with Gasteiger partial charge in [0.25, 0.3) is 0 Å². The SMILES string of the molecule is O=C(Cc1cccc(-c2ccc(S(=O)(=O)N3CCN(CCO)CC3)cc2)n1)C1(c2ccc3c(c2)OCO3)CC1.[HH]. The predicted molar refractivity (Wildman–Crippen MR) is 146 cm³/mol. The number of piperazine rings is 1. The van der Waals surface area contributed by atoms with Gasteiger partial charge in [-0.05, 0) is 54.8 Å². The standard InChI is InChI=1S/C29H31N3O6S.H2/c33-17-16-31-12-14-32(15-13-31)39(35,36)24-7-4-21(5-8-24)25-3-1-2-23(30-25)19-28(34)29(10-11-29)22-6-9-26-27(18-22)38-20-37-26;/h1-9,18,33H,10-17,19-20H2;1H. The number of carbonyl (C=O) groups excluding carboxylic acids is 1. The first-order chi connectivity index (χ1) is 18.9. The number of hydrogen-bond donors (Lipinski definition) is 1. The van der Waals surface area contributed by atoms with E-state index in [2.05, 4.69) is 4.90 Å². The molecule has 1 aromatic heterocycles. The van der Waals surface area contributed by atoms with E-state index in [0.29, 0.717) is 55.6 Å². The number of rotatable bonds is 9. The minimum Gasteiger partial charge on any atom is -0.454 e. The highest BCUT2D eigenvalue weighted by molar-refractivity contribution is 7.89. The van der Waals surface area contributed by atoms with Crippen LogP contribution in [0, 0.1) is 0 Å². The van der Waals surface area contributed by atoms with Gasteiger partial charge >= 0.3 is 0 Å². The third-order valence-electron chi connectivity index (χ3n) is 7.89. The van der Waals surface area contributed by atoms with Gasteiger partial charge < -0.3 is 14.6 Å². The molecule has 10 heteroatoms. The lowest BCUT2D eigenvalue weighted by molar-refractivity contribution is -0.120. The number of pyridine rings is 1. The van der Waals surface area contributed by atoms with Crippen molar-refractivity contribution in [3.05, 3.63) is 71.9 Å². The number of aliphatic hydroxyl groups excluding tert-OH is 1. The van der Waals surface area contributed by atoms with Crippen LogP contribution in [0.3, 0.4) is 0 Å². The topological polar surface area (TPSA) is 109 Å². The number of aliphatic hydroxyl groups is 1. The monoisotopic (exact) mass is 551 g/mol. The van der Waals surface area contributed by atoms with Crippen LogP contribution >= 0.6 is 0 Å². The molecular weight excluding hydrogens is 518 g/mol. The van der Waals surface area contributed by atoms with Crippen molar-refractivity contribution in [3.8, 4) is 22.8 Å². The zero-order valence-corrected chi connectivity index (χ0v) is 22.4. The van der Waals surface area contributed by atoms with Crippen molar-refractivity contribution in [2.24, 2.45) is 0 Å². The van der Waals surface area contributed by atoms with Crippen molar-refractivity contribution in [3.63, 3.8) is 0 Å². The number of aromatic nitrogens is 1. The zero-order valence-electron chi connectivity index (χ0n) is 21.6. The van der Waals surface area contributed by atoms with Gasteiger partial charge in [0.1, 0.15) is 5.78 Å². The van der Waals surface area contributed by atoms with Gasteiger partial charge in [-0.25, -0.2) is 8.42 Å². The molecule has 0 atom stereocenters. The molecule has 1 saturated carbocycles. The van der Waals surface area contributed by atoms with Crippen molar-refractivity contribution in [2.75, 3.05) is 46.1 Å². The maximum atomic E-state index is 13.4. The van der Waals surface area contributed by atoms with E-state index >= 15 is 0 Å². The summed E-state index contributed by atoms with van der Waals surface area (Å²) < 4.78 is 38.7. The number of ketones is 1. The molecule has 2 aliphatic heterocycles. The third kappa shape index (κ3) is 5.05. The summed E-state index contributed by atoms with van der Waals surface area (Å²) >= 11 is 0. The number of ether oxygens (including phenoxy) is 2. The van der Waals surface area contributed by atoms with E-state index in [-0.39, 0.29) is 31.9 Å². The Balaban J connectivity index is 0.00000323. The highest BCUT2D eigenvalue weighted by Crippen LogP contribution is 2.51. The second kappa shape index (κ2) is 10.3. The number of hydrogen-bond acceptors (Lipinski definition) is 8. The van der Waals surface area contributed by atoms with Gasteiger partial charge in [-0.15, -0.1) is 0 Å². The Morgan fingerprint density at radius 2 is 1.72 bits per heavy atom. The Morgan fingerprint density at radius 1 is 0.974 bits per heavy atom. The van der Waals surface area contributed by atoms with Crippen LogP contribution in [-0.2, 0) is 26.7 Å². The minimum absolute atomic E-state index is 0. The molecule has 0 amide bonds. The number of β-amino-alcohol motifs (C(OH)–C–C–N with tert-alkyl or cyclic N) is 1. The molecule has 3 aliphatic rings. The lowest BCUT2D eigenvalue weighted by Gasteiger charge is -2.33. The van der Waals surface area contributed by atoms with Gasteiger partial charge in [-0.1, -0.05) is 24.3 Å². The van der Waals surface area contributed by atoms with Crippen LogP contribution in [0.4, 0.5) is 0 Å². The summed E-state index contributed by atoms with van der Waals surface area (Å²) in [5.74, 6) is 1.52. The molecule has 3 aromatic rings. The van der Waals surface area contributed by atoms with Crippen molar-refractivity contribution in [2.45, 2.75) is 29.6 Å². The molecule has 0 unspecified atom stereocenters. The second-order valence-electron chi connectivity index (χ2n) is 10.3. The summed E-state index contributed by atoms with van der Waals surface area (Å²) in [5, 5.41) is 9.11. The molecule has 0 spiro atoms.